The van der Waals surface area contributed by atoms with Gasteiger partial charge >= 0.3 is 0 Å². The Bertz CT molecular complexity index is 563. The number of rotatable bonds is 9. The maximum absolute atomic E-state index is 13.4. The van der Waals surface area contributed by atoms with E-state index >= 15 is 0 Å². The number of amidine groups is 1. The van der Waals surface area contributed by atoms with E-state index in [1.807, 2.05) is 0 Å². The van der Waals surface area contributed by atoms with Gasteiger partial charge in [0.15, 0.2) is 11.6 Å². The SMILES string of the molecule is CCCCN=C(N)C(C=NC)OCc1cc(F)c(F)cc1OC. The first-order chi connectivity index (χ1) is 11.0. The molecule has 1 aromatic carbocycles. The molecule has 1 atom stereocenters. The summed E-state index contributed by atoms with van der Waals surface area (Å²) in [5.41, 5.74) is 6.28. The summed E-state index contributed by atoms with van der Waals surface area (Å²) in [5.74, 6) is -1.43. The van der Waals surface area contributed by atoms with E-state index < -0.39 is 17.7 Å². The number of nitrogens with two attached hydrogens (primary N) is 1. The van der Waals surface area contributed by atoms with E-state index in [0.717, 1.165) is 25.0 Å². The van der Waals surface area contributed by atoms with Gasteiger partial charge in [0.05, 0.1) is 13.7 Å². The van der Waals surface area contributed by atoms with E-state index in [2.05, 4.69) is 16.9 Å². The van der Waals surface area contributed by atoms with E-state index in [-0.39, 0.29) is 12.4 Å². The Labute approximate surface area is 135 Å². The fourth-order valence-electron chi connectivity index (χ4n) is 1.85. The van der Waals surface area contributed by atoms with Crippen LogP contribution in [0.5, 0.6) is 5.75 Å². The molecule has 0 aromatic heterocycles. The van der Waals surface area contributed by atoms with Crippen LogP contribution in [0, 0.1) is 11.6 Å². The summed E-state index contributed by atoms with van der Waals surface area (Å²) in [6, 6.07) is 2.02. The molecule has 0 aliphatic rings. The molecule has 0 radical (unpaired) electrons. The Kier molecular flexibility index (Phi) is 8.18. The number of hydrogen-bond donors (Lipinski definition) is 1. The van der Waals surface area contributed by atoms with Crippen molar-refractivity contribution in [2.75, 3.05) is 20.7 Å². The summed E-state index contributed by atoms with van der Waals surface area (Å²) in [4.78, 5) is 8.13. The number of aliphatic imine (C=N–C) groups is 2. The van der Waals surface area contributed by atoms with E-state index in [1.165, 1.54) is 13.3 Å². The Morgan fingerprint density at radius 2 is 2.04 bits per heavy atom. The summed E-state index contributed by atoms with van der Waals surface area (Å²) < 4.78 is 37.2. The van der Waals surface area contributed by atoms with E-state index in [9.17, 15) is 8.78 Å². The molecule has 0 saturated heterocycles. The lowest BCUT2D eigenvalue weighted by Crippen LogP contribution is -2.33. The minimum absolute atomic E-state index is 0.0128. The second-order valence-electron chi connectivity index (χ2n) is 4.88. The minimum Gasteiger partial charge on any atom is -0.496 e. The molecule has 0 heterocycles. The summed E-state index contributed by atoms with van der Waals surface area (Å²) in [6.45, 7) is 2.65. The second kappa shape index (κ2) is 9.89. The highest BCUT2D eigenvalue weighted by Gasteiger charge is 2.15. The molecule has 0 amide bonds. The highest BCUT2D eigenvalue weighted by molar-refractivity contribution is 5.99. The van der Waals surface area contributed by atoms with Gasteiger partial charge in [0, 0.05) is 31.4 Å². The van der Waals surface area contributed by atoms with Crippen molar-refractivity contribution in [2.45, 2.75) is 32.5 Å². The van der Waals surface area contributed by atoms with Gasteiger partial charge in [-0.3, -0.25) is 9.98 Å². The Morgan fingerprint density at radius 1 is 1.35 bits per heavy atom. The summed E-state index contributed by atoms with van der Waals surface area (Å²) in [7, 11) is 2.97. The van der Waals surface area contributed by atoms with Gasteiger partial charge in [0.25, 0.3) is 0 Å². The van der Waals surface area contributed by atoms with Crippen molar-refractivity contribution >= 4 is 12.1 Å². The second-order valence-corrected chi connectivity index (χ2v) is 4.88. The molecule has 0 saturated carbocycles. The standard InChI is InChI=1S/C16H23F2N3O2/c1-4-5-6-21-16(19)15(9-20-2)23-10-11-7-12(17)13(18)8-14(11)22-3/h7-9,15H,4-6,10H2,1-3H3,(H2,19,21). The molecule has 23 heavy (non-hydrogen) atoms. The Hall–Kier alpha value is -2.02. The fraction of sp³-hybridized carbons (Fsp3) is 0.500. The molecule has 0 spiro atoms. The summed E-state index contributed by atoms with van der Waals surface area (Å²) >= 11 is 0. The molecule has 2 N–H and O–H groups in total. The Balaban J connectivity index is 2.83. The van der Waals surface area contributed by atoms with Crippen molar-refractivity contribution in [2.24, 2.45) is 15.7 Å². The van der Waals surface area contributed by atoms with Crippen molar-refractivity contribution in [3.63, 3.8) is 0 Å². The van der Waals surface area contributed by atoms with Crippen molar-refractivity contribution in [3.05, 3.63) is 29.3 Å². The number of ether oxygens (including phenoxy) is 2. The van der Waals surface area contributed by atoms with Gasteiger partial charge in [-0.05, 0) is 12.5 Å². The average molecular weight is 327 g/mol. The first-order valence-corrected chi connectivity index (χ1v) is 7.39. The van der Waals surface area contributed by atoms with Crippen LogP contribution in [-0.2, 0) is 11.3 Å². The zero-order chi connectivity index (χ0) is 17.2. The molecule has 1 unspecified atom stereocenters. The zero-order valence-electron chi connectivity index (χ0n) is 13.7. The van der Waals surface area contributed by atoms with Crippen LogP contribution in [0.2, 0.25) is 0 Å². The van der Waals surface area contributed by atoms with Crippen LogP contribution >= 0.6 is 0 Å². The average Bonchev–Trinajstić information content (AvgIpc) is 2.54. The third-order valence-corrected chi connectivity index (χ3v) is 3.12. The van der Waals surface area contributed by atoms with Gasteiger partial charge in [0.1, 0.15) is 17.7 Å². The van der Waals surface area contributed by atoms with Crippen LogP contribution in [0.15, 0.2) is 22.1 Å². The number of nitrogens with zero attached hydrogens (tertiary/aromatic N) is 2. The van der Waals surface area contributed by atoms with Gasteiger partial charge in [-0.1, -0.05) is 13.3 Å². The topological polar surface area (TPSA) is 69.2 Å². The first kappa shape index (κ1) is 19.0. The number of halogens is 2. The summed E-state index contributed by atoms with van der Waals surface area (Å²) in [5, 5.41) is 0. The molecule has 1 rings (SSSR count). The number of unbranched alkanes of at least 4 members (excludes halogenated alkanes) is 1. The predicted molar refractivity (Wildman–Crippen MR) is 87.3 cm³/mol. The molecule has 1 aromatic rings. The van der Waals surface area contributed by atoms with Crippen LogP contribution in [0.3, 0.4) is 0 Å². The van der Waals surface area contributed by atoms with Gasteiger partial charge < -0.3 is 15.2 Å². The van der Waals surface area contributed by atoms with Crippen LogP contribution in [0.4, 0.5) is 8.78 Å². The van der Waals surface area contributed by atoms with Crippen LogP contribution in [0.25, 0.3) is 0 Å². The highest BCUT2D eigenvalue weighted by Crippen LogP contribution is 2.23. The third-order valence-electron chi connectivity index (χ3n) is 3.12. The minimum atomic E-state index is -0.974. The molecule has 0 fully saturated rings. The van der Waals surface area contributed by atoms with Crippen molar-refractivity contribution < 1.29 is 18.3 Å². The monoisotopic (exact) mass is 327 g/mol. The molecule has 0 aliphatic heterocycles. The number of hydrogen-bond acceptors (Lipinski definition) is 4. The van der Waals surface area contributed by atoms with Crippen molar-refractivity contribution in [1.29, 1.82) is 0 Å². The Morgan fingerprint density at radius 3 is 2.65 bits per heavy atom. The molecular weight excluding hydrogens is 304 g/mol. The van der Waals surface area contributed by atoms with E-state index in [1.54, 1.807) is 7.05 Å². The van der Waals surface area contributed by atoms with Crippen LogP contribution < -0.4 is 10.5 Å². The molecular formula is C16H23F2N3O2. The number of benzene rings is 1. The normalized spacial score (nSPS) is 13.5. The molecule has 0 bridgehead atoms. The quantitative estimate of drug-likeness (QED) is 0.431. The fourth-order valence-corrected chi connectivity index (χ4v) is 1.85. The van der Waals surface area contributed by atoms with Gasteiger partial charge in [0.2, 0.25) is 0 Å². The van der Waals surface area contributed by atoms with Crippen molar-refractivity contribution in [1.82, 2.24) is 0 Å². The van der Waals surface area contributed by atoms with Crippen LogP contribution in [0.1, 0.15) is 25.3 Å². The smallest absolute Gasteiger partial charge is 0.162 e. The molecule has 5 nitrogen and oxygen atoms in total. The lowest BCUT2D eigenvalue weighted by atomic mass is 10.2. The first-order valence-electron chi connectivity index (χ1n) is 7.39. The van der Waals surface area contributed by atoms with Gasteiger partial charge in [-0.15, -0.1) is 0 Å². The lowest BCUT2D eigenvalue weighted by molar-refractivity contribution is 0.123. The zero-order valence-corrected chi connectivity index (χ0v) is 13.7. The van der Waals surface area contributed by atoms with Gasteiger partial charge in [-0.25, -0.2) is 8.78 Å². The molecule has 0 aliphatic carbocycles. The number of methoxy groups -OCH3 is 1. The van der Waals surface area contributed by atoms with Crippen molar-refractivity contribution in [3.8, 4) is 5.75 Å². The summed E-state index contributed by atoms with van der Waals surface area (Å²) in [6.07, 6.45) is 2.82. The van der Waals surface area contributed by atoms with E-state index in [4.69, 9.17) is 15.2 Å². The largest absolute Gasteiger partial charge is 0.496 e. The maximum Gasteiger partial charge on any atom is 0.162 e. The molecule has 7 heteroatoms. The molecule has 128 valence electrons. The van der Waals surface area contributed by atoms with E-state index in [0.29, 0.717) is 17.9 Å². The van der Waals surface area contributed by atoms with Crippen LogP contribution in [-0.4, -0.2) is 38.9 Å². The lowest BCUT2D eigenvalue weighted by Gasteiger charge is -2.15. The third kappa shape index (κ3) is 5.94. The van der Waals surface area contributed by atoms with Gasteiger partial charge in [-0.2, -0.15) is 0 Å². The maximum atomic E-state index is 13.4. The predicted octanol–water partition coefficient (Wildman–Crippen LogP) is 2.72. The highest BCUT2D eigenvalue weighted by atomic mass is 19.2.